The van der Waals surface area contributed by atoms with Gasteiger partial charge in [0, 0.05) is 5.02 Å². The minimum absolute atomic E-state index is 0.665. The van der Waals surface area contributed by atoms with Crippen molar-refractivity contribution in [1.82, 2.24) is 0 Å². The Morgan fingerprint density at radius 2 is 1.89 bits per heavy atom. The molecular weight excluding hydrogens is 240 g/mol. The molecule has 2 atom stereocenters. The van der Waals surface area contributed by atoms with Crippen LogP contribution in [-0.4, -0.2) is 0 Å². The molecule has 0 heterocycles. The van der Waals surface area contributed by atoms with E-state index in [1.165, 1.54) is 31.2 Å². The molecule has 0 spiro atoms. The van der Waals surface area contributed by atoms with Crippen LogP contribution in [0.5, 0.6) is 0 Å². The minimum atomic E-state index is 0.665. The first-order valence-corrected chi connectivity index (χ1v) is 7.62. The third-order valence-electron chi connectivity index (χ3n) is 4.85. The summed E-state index contributed by atoms with van der Waals surface area (Å²) in [5.41, 5.74) is 1.97. The lowest BCUT2D eigenvalue weighted by molar-refractivity contribution is 0.287. The molecule has 0 bridgehead atoms. The van der Waals surface area contributed by atoms with Crippen molar-refractivity contribution in [1.29, 1.82) is 0 Å². The molecule has 1 aliphatic rings. The highest BCUT2D eigenvalue weighted by Crippen LogP contribution is 2.53. The Balaban J connectivity index is 1.78. The molecule has 0 amide bonds. The largest absolute Gasteiger partial charge is 0.0840 e. The summed E-state index contributed by atoms with van der Waals surface area (Å²) >= 11 is 6.20. The molecule has 0 saturated heterocycles. The first-order valence-electron chi connectivity index (χ1n) is 7.25. The normalized spacial score (nSPS) is 20.4. The van der Waals surface area contributed by atoms with Crippen LogP contribution in [-0.2, 0) is 6.42 Å². The molecule has 100 valence electrons. The predicted molar refractivity (Wildman–Crippen MR) is 80.1 cm³/mol. The van der Waals surface area contributed by atoms with Gasteiger partial charge in [-0.1, -0.05) is 50.6 Å². The summed E-state index contributed by atoms with van der Waals surface area (Å²) in [7, 11) is 0. The van der Waals surface area contributed by atoms with E-state index in [1.807, 2.05) is 12.1 Å². The smallest absolute Gasteiger partial charge is 0.0437 e. The van der Waals surface area contributed by atoms with Gasteiger partial charge >= 0.3 is 0 Å². The van der Waals surface area contributed by atoms with Gasteiger partial charge in [-0.3, -0.25) is 0 Å². The molecule has 1 saturated carbocycles. The Morgan fingerprint density at radius 3 is 2.50 bits per heavy atom. The highest BCUT2D eigenvalue weighted by Gasteiger charge is 2.42. The van der Waals surface area contributed by atoms with Crippen molar-refractivity contribution in [2.24, 2.45) is 17.3 Å². The molecule has 0 N–H and O–H groups in total. The lowest BCUT2D eigenvalue weighted by Crippen LogP contribution is -2.13. The van der Waals surface area contributed by atoms with Crippen LogP contribution in [0.1, 0.15) is 52.0 Å². The first kappa shape index (κ1) is 13.9. The molecule has 2 unspecified atom stereocenters. The number of hydrogen-bond acceptors (Lipinski definition) is 0. The molecule has 1 heteroatoms. The van der Waals surface area contributed by atoms with Crippen LogP contribution in [0.15, 0.2) is 24.3 Å². The zero-order chi connectivity index (χ0) is 13.2. The summed E-state index contributed by atoms with van der Waals surface area (Å²) in [6, 6.07) is 8.24. The number of benzene rings is 1. The van der Waals surface area contributed by atoms with Crippen molar-refractivity contribution in [3.63, 3.8) is 0 Å². The van der Waals surface area contributed by atoms with E-state index in [0.29, 0.717) is 5.41 Å². The van der Waals surface area contributed by atoms with Crippen molar-refractivity contribution in [3.8, 4) is 0 Å². The summed E-state index contributed by atoms with van der Waals surface area (Å²) in [5, 5.41) is 0.923. The molecule has 0 nitrogen and oxygen atoms in total. The third-order valence-corrected chi connectivity index (χ3v) is 5.22. The maximum Gasteiger partial charge on any atom is 0.0437 e. The Labute approximate surface area is 117 Å². The highest BCUT2D eigenvalue weighted by atomic mass is 35.5. The monoisotopic (exact) mass is 264 g/mol. The molecule has 2 rings (SSSR count). The van der Waals surface area contributed by atoms with Crippen molar-refractivity contribution in [3.05, 3.63) is 34.9 Å². The van der Waals surface area contributed by atoms with Crippen LogP contribution >= 0.6 is 11.6 Å². The summed E-state index contributed by atoms with van der Waals surface area (Å²) in [5.74, 6) is 1.67. The van der Waals surface area contributed by atoms with Gasteiger partial charge in [0.2, 0.25) is 0 Å². The second kappa shape index (κ2) is 5.65. The maximum atomic E-state index is 6.20. The topological polar surface area (TPSA) is 0 Å². The van der Waals surface area contributed by atoms with E-state index in [2.05, 4.69) is 32.9 Å². The van der Waals surface area contributed by atoms with Crippen LogP contribution in [0, 0.1) is 17.3 Å². The molecule has 1 aromatic carbocycles. The predicted octanol–water partition coefficient (Wildman–Crippen LogP) is 5.74. The van der Waals surface area contributed by atoms with Crippen LogP contribution in [0.25, 0.3) is 0 Å². The van der Waals surface area contributed by atoms with Crippen LogP contribution in [0.4, 0.5) is 0 Å². The van der Waals surface area contributed by atoms with Gasteiger partial charge in [0.15, 0.2) is 0 Å². The second-order valence-corrected chi connectivity index (χ2v) is 6.93. The van der Waals surface area contributed by atoms with Crippen molar-refractivity contribution < 1.29 is 0 Å². The zero-order valence-electron chi connectivity index (χ0n) is 11.9. The summed E-state index contributed by atoms with van der Waals surface area (Å²) in [6.07, 6.45) is 6.60. The van der Waals surface area contributed by atoms with Gasteiger partial charge in [0.05, 0.1) is 0 Å². The Morgan fingerprint density at radius 1 is 1.22 bits per heavy atom. The SMILES string of the molecule is CC(CCc1ccccc1Cl)CC(C)C1(C)CC1. The lowest BCUT2D eigenvalue weighted by Gasteiger charge is -2.22. The quantitative estimate of drug-likeness (QED) is 0.615. The molecule has 0 aliphatic heterocycles. The molecule has 1 aliphatic carbocycles. The number of hydrogen-bond donors (Lipinski definition) is 0. The van der Waals surface area contributed by atoms with Crippen LogP contribution < -0.4 is 0 Å². The average Bonchev–Trinajstić information content (AvgIpc) is 3.08. The van der Waals surface area contributed by atoms with Gasteiger partial charge in [-0.25, -0.2) is 0 Å². The van der Waals surface area contributed by atoms with Crippen LogP contribution in [0.2, 0.25) is 5.02 Å². The molecule has 1 fully saturated rings. The molecule has 18 heavy (non-hydrogen) atoms. The van der Waals surface area contributed by atoms with Gasteiger partial charge in [0.25, 0.3) is 0 Å². The molecular formula is C17H25Cl. The van der Waals surface area contributed by atoms with E-state index < -0.39 is 0 Å². The lowest BCUT2D eigenvalue weighted by atomic mass is 9.83. The zero-order valence-corrected chi connectivity index (χ0v) is 12.6. The summed E-state index contributed by atoms with van der Waals surface area (Å²) in [4.78, 5) is 0. The Kier molecular flexibility index (Phi) is 4.37. The van der Waals surface area contributed by atoms with E-state index in [1.54, 1.807) is 0 Å². The van der Waals surface area contributed by atoms with Gasteiger partial charge in [-0.2, -0.15) is 0 Å². The van der Waals surface area contributed by atoms with E-state index in [-0.39, 0.29) is 0 Å². The van der Waals surface area contributed by atoms with Gasteiger partial charge in [0.1, 0.15) is 0 Å². The first-order chi connectivity index (χ1) is 8.51. The van der Waals surface area contributed by atoms with E-state index in [4.69, 9.17) is 11.6 Å². The maximum absolute atomic E-state index is 6.20. The Bertz CT molecular complexity index is 392. The average molecular weight is 265 g/mol. The fraction of sp³-hybridized carbons (Fsp3) is 0.647. The van der Waals surface area contributed by atoms with Gasteiger partial charge < -0.3 is 0 Å². The van der Waals surface area contributed by atoms with Gasteiger partial charge in [-0.15, -0.1) is 0 Å². The second-order valence-electron chi connectivity index (χ2n) is 6.53. The molecule has 0 radical (unpaired) electrons. The molecule has 0 aromatic heterocycles. The number of aryl methyl sites for hydroxylation is 1. The Hall–Kier alpha value is -0.490. The number of rotatable bonds is 6. The summed E-state index contributed by atoms with van der Waals surface area (Å²) in [6.45, 7) is 7.26. The van der Waals surface area contributed by atoms with Crippen molar-refractivity contribution in [2.45, 2.75) is 52.9 Å². The van der Waals surface area contributed by atoms with E-state index in [0.717, 1.165) is 23.3 Å². The standard InChI is InChI=1S/C17H25Cl/c1-13(12-14(2)17(3)10-11-17)8-9-15-6-4-5-7-16(15)18/h4-7,13-14H,8-12H2,1-3H3. The van der Waals surface area contributed by atoms with Crippen molar-refractivity contribution >= 4 is 11.6 Å². The number of halogens is 1. The fourth-order valence-corrected chi connectivity index (χ4v) is 3.03. The molecule has 1 aromatic rings. The van der Waals surface area contributed by atoms with Crippen molar-refractivity contribution in [2.75, 3.05) is 0 Å². The van der Waals surface area contributed by atoms with Gasteiger partial charge in [-0.05, 0) is 61.0 Å². The fourth-order valence-electron chi connectivity index (χ4n) is 2.80. The van der Waals surface area contributed by atoms with Crippen LogP contribution in [0.3, 0.4) is 0 Å². The summed E-state index contributed by atoms with van der Waals surface area (Å²) < 4.78 is 0. The highest BCUT2D eigenvalue weighted by molar-refractivity contribution is 6.31. The minimum Gasteiger partial charge on any atom is -0.0840 e. The third kappa shape index (κ3) is 3.51. The van der Waals surface area contributed by atoms with E-state index in [9.17, 15) is 0 Å². The van der Waals surface area contributed by atoms with E-state index >= 15 is 0 Å².